The van der Waals surface area contributed by atoms with E-state index in [-0.39, 0.29) is 12.4 Å². The van der Waals surface area contributed by atoms with E-state index in [1.165, 1.54) is 29.5 Å². The molecule has 0 spiro atoms. The average Bonchev–Trinajstić information content (AvgIpc) is 2.84. The Labute approximate surface area is 121 Å². The normalized spacial score (nSPS) is 14.2. The summed E-state index contributed by atoms with van der Waals surface area (Å²) in [7, 11) is 2.24. The Hall–Kier alpha value is -1.31. The number of likely N-dealkylation sites (N-methyl/N-ethyl adjacent to an activating group) is 1. The molecule has 0 amide bonds. The van der Waals surface area contributed by atoms with Crippen molar-refractivity contribution in [2.75, 3.05) is 7.05 Å². The molecule has 0 N–H and O–H groups in total. The van der Waals surface area contributed by atoms with E-state index in [4.69, 9.17) is 0 Å². The van der Waals surface area contributed by atoms with Crippen molar-refractivity contribution < 1.29 is 0 Å². The van der Waals surface area contributed by atoms with Crippen LogP contribution in [0.4, 0.5) is 0 Å². The fourth-order valence-corrected chi connectivity index (χ4v) is 2.85. The van der Waals surface area contributed by atoms with Gasteiger partial charge < -0.3 is 0 Å². The molecule has 0 unspecified atom stereocenters. The third-order valence-corrected chi connectivity index (χ3v) is 3.93. The van der Waals surface area contributed by atoms with Crippen molar-refractivity contribution in [3.05, 3.63) is 71.3 Å². The highest BCUT2D eigenvalue weighted by Crippen LogP contribution is 2.25. The zero-order chi connectivity index (χ0) is 12.4. The van der Waals surface area contributed by atoms with E-state index in [9.17, 15) is 0 Å². The Balaban J connectivity index is 0.00000133. The first-order valence-corrected chi connectivity index (χ1v) is 6.64. The number of halogens is 1. The maximum Gasteiger partial charge on any atom is 0.0233 e. The predicted molar refractivity (Wildman–Crippen MR) is 82.8 cm³/mol. The number of nitrogens with zero attached hydrogens (tertiary/aromatic N) is 1. The van der Waals surface area contributed by atoms with E-state index in [0.717, 1.165) is 6.54 Å². The molecule has 0 aliphatic heterocycles. The van der Waals surface area contributed by atoms with Crippen LogP contribution in [0.25, 0.3) is 0 Å². The molecule has 100 valence electrons. The molecular formula is C17H20ClN. The van der Waals surface area contributed by atoms with Gasteiger partial charge in [0.25, 0.3) is 0 Å². The van der Waals surface area contributed by atoms with Gasteiger partial charge in [-0.1, -0.05) is 54.6 Å². The second kappa shape index (κ2) is 6.23. The highest BCUT2D eigenvalue weighted by atomic mass is 35.5. The van der Waals surface area contributed by atoms with Gasteiger partial charge >= 0.3 is 0 Å². The lowest BCUT2D eigenvalue weighted by molar-refractivity contribution is 0.241. The van der Waals surface area contributed by atoms with Crippen LogP contribution in [0.15, 0.2) is 54.6 Å². The van der Waals surface area contributed by atoms with Gasteiger partial charge in [0.1, 0.15) is 0 Å². The van der Waals surface area contributed by atoms with Crippen LogP contribution in [0.3, 0.4) is 0 Å². The Morgan fingerprint density at radius 3 is 2.00 bits per heavy atom. The van der Waals surface area contributed by atoms with Crippen LogP contribution in [-0.2, 0) is 19.4 Å². The molecule has 0 atom stereocenters. The molecule has 0 fully saturated rings. The van der Waals surface area contributed by atoms with Gasteiger partial charge in [0.05, 0.1) is 0 Å². The van der Waals surface area contributed by atoms with Crippen LogP contribution in [0.1, 0.15) is 16.7 Å². The second-order valence-corrected chi connectivity index (χ2v) is 5.23. The molecule has 0 bridgehead atoms. The number of hydrogen-bond donors (Lipinski definition) is 0. The van der Waals surface area contributed by atoms with E-state index in [1.54, 1.807) is 0 Å². The largest absolute Gasteiger partial charge is 0.299 e. The van der Waals surface area contributed by atoms with Crippen LogP contribution in [0.2, 0.25) is 0 Å². The van der Waals surface area contributed by atoms with Crippen molar-refractivity contribution in [1.29, 1.82) is 0 Å². The number of fused-ring (bicyclic) bond motifs is 1. The molecule has 2 heteroatoms. The first-order valence-electron chi connectivity index (χ1n) is 6.64. The molecule has 0 saturated heterocycles. The van der Waals surface area contributed by atoms with Gasteiger partial charge in [-0.2, -0.15) is 0 Å². The van der Waals surface area contributed by atoms with Crippen molar-refractivity contribution in [2.24, 2.45) is 0 Å². The van der Waals surface area contributed by atoms with Crippen molar-refractivity contribution in [1.82, 2.24) is 4.90 Å². The number of benzene rings is 2. The SMILES string of the molecule is CN(Cc1ccccc1)C1Cc2ccccc2C1.Cl. The summed E-state index contributed by atoms with van der Waals surface area (Å²) < 4.78 is 0. The van der Waals surface area contributed by atoms with Gasteiger partial charge in [-0.05, 0) is 36.6 Å². The van der Waals surface area contributed by atoms with Crippen molar-refractivity contribution in [3.8, 4) is 0 Å². The Morgan fingerprint density at radius 2 is 1.42 bits per heavy atom. The van der Waals surface area contributed by atoms with Crippen molar-refractivity contribution in [2.45, 2.75) is 25.4 Å². The Bertz CT molecular complexity index is 499. The third-order valence-electron chi connectivity index (χ3n) is 3.93. The van der Waals surface area contributed by atoms with Gasteiger partial charge in [0, 0.05) is 12.6 Å². The highest BCUT2D eigenvalue weighted by molar-refractivity contribution is 5.85. The number of hydrogen-bond acceptors (Lipinski definition) is 1. The minimum Gasteiger partial charge on any atom is -0.299 e. The minimum atomic E-state index is 0. The summed E-state index contributed by atoms with van der Waals surface area (Å²) in [4.78, 5) is 2.48. The van der Waals surface area contributed by atoms with E-state index >= 15 is 0 Å². The lowest BCUT2D eigenvalue weighted by atomic mass is 10.1. The molecule has 2 aromatic rings. The lowest BCUT2D eigenvalue weighted by Crippen LogP contribution is -2.31. The summed E-state index contributed by atoms with van der Waals surface area (Å²) in [5, 5.41) is 0. The molecule has 0 saturated carbocycles. The van der Waals surface area contributed by atoms with E-state index < -0.39 is 0 Å². The zero-order valence-corrected chi connectivity index (χ0v) is 12.1. The Morgan fingerprint density at radius 1 is 0.895 bits per heavy atom. The topological polar surface area (TPSA) is 3.24 Å². The van der Waals surface area contributed by atoms with E-state index in [1.807, 2.05) is 0 Å². The molecule has 19 heavy (non-hydrogen) atoms. The minimum absolute atomic E-state index is 0. The zero-order valence-electron chi connectivity index (χ0n) is 11.3. The number of rotatable bonds is 3. The maximum absolute atomic E-state index is 2.48. The monoisotopic (exact) mass is 273 g/mol. The van der Waals surface area contributed by atoms with Crippen molar-refractivity contribution in [3.63, 3.8) is 0 Å². The van der Waals surface area contributed by atoms with E-state index in [2.05, 4.69) is 66.5 Å². The van der Waals surface area contributed by atoms with Crippen LogP contribution >= 0.6 is 12.4 Å². The average molecular weight is 274 g/mol. The van der Waals surface area contributed by atoms with Crippen LogP contribution < -0.4 is 0 Å². The van der Waals surface area contributed by atoms with Gasteiger partial charge in [-0.15, -0.1) is 12.4 Å². The highest BCUT2D eigenvalue weighted by Gasteiger charge is 2.24. The fourth-order valence-electron chi connectivity index (χ4n) is 2.85. The predicted octanol–water partition coefficient (Wildman–Crippen LogP) is 3.71. The quantitative estimate of drug-likeness (QED) is 0.824. The molecule has 1 aliphatic carbocycles. The summed E-state index contributed by atoms with van der Waals surface area (Å²) in [5.74, 6) is 0. The summed E-state index contributed by atoms with van der Waals surface area (Å²) in [6.07, 6.45) is 2.39. The maximum atomic E-state index is 2.48. The molecule has 0 heterocycles. The van der Waals surface area contributed by atoms with Gasteiger partial charge in [0.2, 0.25) is 0 Å². The molecule has 1 nitrogen and oxygen atoms in total. The van der Waals surface area contributed by atoms with E-state index in [0.29, 0.717) is 6.04 Å². The molecular weight excluding hydrogens is 254 g/mol. The smallest absolute Gasteiger partial charge is 0.0233 e. The summed E-state index contributed by atoms with van der Waals surface area (Å²) >= 11 is 0. The summed E-state index contributed by atoms with van der Waals surface area (Å²) in [5.41, 5.74) is 4.46. The molecule has 0 aromatic heterocycles. The second-order valence-electron chi connectivity index (χ2n) is 5.23. The first-order chi connectivity index (χ1) is 8.83. The molecule has 0 radical (unpaired) electrons. The van der Waals surface area contributed by atoms with Gasteiger partial charge in [0.15, 0.2) is 0 Å². The Kier molecular flexibility index (Phi) is 4.62. The summed E-state index contributed by atoms with van der Waals surface area (Å²) in [6, 6.07) is 20.2. The molecule has 3 rings (SSSR count). The third kappa shape index (κ3) is 3.17. The van der Waals surface area contributed by atoms with Crippen LogP contribution in [0.5, 0.6) is 0 Å². The van der Waals surface area contributed by atoms with Crippen LogP contribution in [0, 0.1) is 0 Å². The lowest BCUT2D eigenvalue weighted by Gasteiger charge is -2.24. The summed E-state index contributed by atoms with van der Waals surface area (Å²) in [6.45, 7) is 1.04. The molecule has 2 aromatic carbocycles. The van der Waals surface area contributed by atoms with Crippen molar-refractivity contribution >= 4 is 12.4 Å². The van der Waals surface area contributed by atoms with Gasteiger partial charge in [-0.25, -0.2) is 0 Å². The standard InChI is InChI=1S/C17H19N.ClH/c1-18(13-14-7-3-2-4-8-14)17-11-15-9-5-6-10-16(15)12-17;/h2-10,17H,11-13H2,1H3;1H. The van der Waals surface area contributed by atoms with Crippen LogP contribution in [-0.4, -0.2) is 18.0 Å². The molecule has 1 aliphatic rings. The fraction of sp³-hybridized carbons (Fsp3) is 0.294. The first kappa shape index (κ1) is 14.1. The van der Waals surface area contributed by atoms with Gasteiger partial charge in [-0.3, -0.25) is 4.90 Å².